The number of likely N-dealkylation sites (tertiary alicyclic amines) is 1. The smallest absolute Gasteiger partial charge is 0.408 e. The monoisotopic (exact) mass is 316 g/mol. The van der Waals surface area contributed by atoms with Gasteiger partial charge in [-0.3, -0.25) is 4.90 Å². The van der Waals surface area contributed by atoms with Crippen molar-refractivity contribution in [3.05, 3.63) is 35.9 Å². The number of nitrogens with zero attached hydrogens (tertiary/aromatic N) is 1. The molecule has 1 amide bonds. The molecule has 3 rings (SSSR count). The third kappa shape index (κ3) is 4.25. The van der Waals surface area contributed by atoms with Crippen molar-refractivity contribution in [3.8, 4) is 0 Å². The highest BCUT2D eigenvalue weighted by molar-refractivity contribution is 5.69. The van der Waals surface area contributed by atoms with Crippen molar-refractivity contribution >= 4 is 6.09 Å². The number of alkyl carbamates (subject to hydrolysis) is 1. The summed E-state index contributed by atoms with van der Waals surface area (Å²) >= 11 is 0. The molecule has 0 aromatic heterocycles. The maximum Gasteiger partial charge on any atom is 0.408 e. The molecule has 1 heterocycles. The predicted molar refractivity (Wildman–Crippen MR) is 91.2 cm³/mol. The van der Waals surface area contributed by atoms with E-state index in [1.807, 2.05) is 20.8 Å². The van der Waals surface area contributed by atoms with E-state index in [2.05, 4.69) is 40.5 Å². The lowest BCUT2D eigenvalue weighted by Gasteiger charge is -2.27. The van der Waals surface area contributed by atoms with Gasteiger partial charge in [0, 0.05) is 18.6 Å². The summed E-state index contributed by atoms with van der Waals surface area (Å²) in [6, 6.07) is 10.6. The second-order valence-electron chi connectivity index (χ2n) is 7.99. The van der Waals surface area contributed by atoms with Crippen LogP contribution in [-0.2, 0) is 11.3 Å². The van der Waals surface area contributed by atoms with E-state index in [-0.39, 0.29) is 11.6 Å². The molecule has 1 N–H and O–H groups in total. The molecular formula is C19H28N2O2. The van der Waals surface area contributed by atoms with E-state index in [1.54, 1.807) is 0 Å². The van der Waals surface area contributed by atoms with Gasteiger partial charge in [0.1, 0.15) is 5.60 Å². The van der Waals surface area contributed by atoms with Gasteiger partial charge in [-0.2, -0.15) is 0 Å². The molecule has 1 atom stereocenters. The second kappa shape index (κ2) is 6.16. The van der Waals surface area contributed by atoms with Gasteiger partial charge in [0.15, 0.2) is 0 Å². The van der Waals surface area contributed by atoms with Crippen LogP contribution in [0.25, 0.3) is 0 Å². The highest BCUT2D eigenvalue weighted by Gasteiger charge is 2.52. The predicted octanol–water partition coefficient (Wildman–Crippen LogP) is 3.57. The van der Waals surface area contributed by atoms with Crippen LogP contribution in [-0.4, -0.2) is 35.2 Å². The fourth-order valence-electron chi connectivity index (χ4n) is 3.55. The van der Waals surface area contributed by atoms with Crippen molar-refractivity contribution in [3.63, 3.8) is 0 Å². The summed E-state index contributed by atoms with van der Waals surface area (Å²) in [6.07, 6.45) is 3.05. The summed E-state index contributed by atoms with van der Waals surface area (Å²) < 4.78 is 5.43. The largest absolute Gasteiger partial charge is 0.444 e. The molecule has 0 spiro atoms. The van der Waals surface area contributed by atoms with Crippen molar-refractivity contribution in [2.75, 3.05) is 13.1 Å². The number of carbonyl (C=O) groups excluding carboxylic acids is 1. The normalized spacial score (nSPS) is 23.5. The van der Waals surface area contributed by atoms with E-state index in [9.17, 15) is 4.79 Å². The van der Waals surface area contributed by atoms with Gasteiger partial charge < -0.3 is 10.1 Å². The molecule has 0 bridgehead atoms. The molecule has 1 aliphatic carbocycles. The lowest BCUT2D eigenvalue weighted by molar-refractivity contribution is 0.0475. The van der Waals surface area contributed by atoms with Gasteiger partial charge in [-0.1, -0.05) is 30.3 Å². The lowest BCUT2D eigenvalue weighted by Crippen LogP contribution is -2.45. The highest BCUT2D eigenvalue weighted by atomic mass is 16.6. The van der Waals surface area contributed by atoms with Crippen molar-refractivity contribution in [2.24, 2.45) is 5.92 Å². The molecule has 1 saturated heterocycles. The van der Waals surface area contributed by atoms with Crippen LogP contribution in [0, 0.1) is 5.92 Å². The molecule has 1 saturated carbocycles. The Hall–Kier alpha value is -1.55. The Labute approximate surface area is 139 Å². The zero-order valence-corrected chi connectivity index (χ0v) is 14.5. The Morgan fingerprint density at radius 1 is 1.30 bits per heavy atom. The van der Waals surface area contributed by atoms with Crippen LogP contribution in [0.3, 0.4) is 0 Å². The maximum atomic E-state index is 12.1. The number of hydrogen-bond donors (Lipinski definition) is 1. The standard InChI is InChI=1S/C19H28N2O2/c1-18(2,3)23-17(22)20-19(10-11-19)16-9-12-21(14-16)13-15-7-5-4-6-8-15/h4-8,16H,9-14H2,1-3H3,(H,20,22)/t16-/m1/s1. The van der Waals surface area contributed by atoms with E-state index in [0.29, 0.717) is 5.92 Å². The minimum absolute atomic E-state index is 0.0201. The maximum absolute atomic E-state index is 12.1. The van der Waals surface area contributed by atoms with E-state index in [1.165, 1.54) is 5.56 Å². The van der Waals surface area contributed by atoms with Gasteiger partial charge >= 0.3 is 6.09 Å². The topological polar surface area (TPSA) is 41.6 Å². The third-order valence-electron chi connectivity index (χ3n) is 4.84. The molecule has 126 valence electrons. The van der Waals surface area contributed by atoms with E-state index in [4.69, 9.17) is 4.74 Å². The third-order valence-corrected chi connectivity index (χ3v) is 4.84. The van der Waals surface area contributed by atoms with Crippen LogP contribution in [0.4, 0.5) is 4.79 Å². The zero-order chi connectivity index (χ0) is 16.5. The van der Waals surface area contributed by atoms with E-state index >= 15 is 0 Å². The highest BCUT2D eigenvalue weighted by Crippen LogP contribution is 2.46. The quantitative estimate of drug-likeness (QED) is 0.923. The molecule has 2 aliphatic rings. The number of rotatable bonds is 4. The van der Waals surface area contributed by atoms with E-state index < -0.39 is 5.60 Å². The van der Waals surface area contributed by atoms with Gasteiger partial charge in [0.2, 0.25) is 0 Å². The Kier molecular flexibility index (Phi) is 4.37. The number of benzene rings is 1. The van der Waals surface area contributed by atoms with Crippen LogP contribution in [0.2, 0.25) is 0 Å². The summed E-state index contributed by atoms with van der Waals surface area (Å²) in [5.41, 5.74) is 0.904. The molecule has 0 radical (unpaired) electrons. The average molecular weight is 316 g/mol. The molecule has 1 aromatic rings. The van der Waals surface area contributed by atoms with Gasteiger partial charge in [0.05, 0.1) is 0 Å². The average Bonchev–Trinajstić information content (AvgIpc) is 3.07. The minimum atomic E-state index is -0.435. The first-order chi connectivity index (χ1) is 10.9. The Bertz CT molecular complexity index is 546. The van der Waals surface area contributed by atoms with Gasteiger partial charge in [-0.25, -0.2) is 4.79 Å². The molecule has 4 nitrogen and oxygen atoms in total. The number of amides is 1. The molecular weight excluding hydrogens is 288 g/mol. The zero-order valence-electron chi connectivity index (χ0n) is 14.5. The first-order valence-corrected chi connectivity index (χ1v) is 8.64. The van der Waals surface area contributed by atoms with Gasteiger partial charge in [-0.05, 0) is 58.1 Å². The number of hydrogen-bond acceptors (Lipinski definition) is 3. The minimum Gasteiger partial charge on any atom is -0.444 e. The Morgan fingerprint density at radius 2 is 2.00 bits per heavy atom. The van der Waals surface area contributed by atoms with Crippen molar-refractivity contribution in [1.29, 1.82) is 0 Å². The first-order valence-electron chi connectivity index (χ1n) is 8.64. The van der Waals surface area contributed by atoms with Crippen molar-refractivity contribution < 1.29 is 9.53 Å². The Morgan fingerprint density at radius 3 is 2.61 bits per heavy atom. The molecule has 4 heteroatoms. The summed E-state index contributed by atoms with van der Waals surface area (Å²) in [6.45, 7) is 8.89. The number of carbonyl (C=O) groups is 1. The fourth-order valence-corrected chi connectivity index (χ4v) is 3.55. The fraction of sp³-hybridized carbons (Fsp3) is 0.632. The summed E-state index contributed by atoms with van der Waals surface area (Å²) in [7, 11) is 0. The van der Waals surface area contributed by atoms with Gasteiger partial charge in [0.25, 0.3) is 0 Å². The summed E-state index contributed by atoms with van der Waals surface area (Å²) in [5, 5.41) is 3.16. The summed E-state index contributed by atoms with van der Waals surface area (Å²) in [5.74, 6) is 0.540. The molecule has 0 unspecified atom stereocenters. The summed E-state index contributed by atoms with van der Waals surface area (Å²) in [4.78, 5) is 14.6. The molecule has 1 aromatic carbocycles. The van der Waals surface area contributed by atoms with Crippen LogP contribution >= 0.6 is 0 Å². The second-order valence-corrected chi connectivity index (χ2v) is 7.99. The van der Waals surface area contributed by atoms with Crippen molar-refractivity contribution in [1.82, 2.24) is 10.2 Å². The van der Waals surface area contributed by atoms with Crippen molar-refractivity contribution in [2.45, 2.75) is 57.7 Å². The molecule has 1 aliphatic heterocycles. The lowest BCUT2D eigenvalue weighted by atomic mass is 9.96. The number of nitrogens with one attached hydrogen (secondary N) is 1. The molecule has 23 heavy (non-hydrogen) atoms. The van der Waals surface area contributed by atoms with Crippen LogP contribution in [0.1, 0.15) is 45.6 Å². The van der Waals surface area contributed by atoms with E-state index in [0.717, 1.165) is 38.9 Å². The first kappa shape index (κ1) is 16.3. The molecule has 2 fully saturated rings. The van der Waals surface area contributed by atoms with Crippen LogP contribution in [0.15, 0.2) is 30.3 Å². The number of ether oxygens (including phenoxy) is 1. The Balaban J connectivity index is 1.53. The van der Waals surface area contributed by atoms with Gasteiger partial charge in [-0.15, -0.1) is 0 Å². The van der Waals surface area contributed by atoms with Crippen LogP contribution in [0.5, 0.6) is 0 Å². The SMILES string of the molecule is CC(C)(C)OC(=O)NC1([C@@H]2CCN(Cc3ccccc3)C2)CC1. The van der Waals surface area contributed by atoms with Crippen LogP contribution < -0.4 is 5.32 Å².